The van der Waals surface area contributed by atoms with Crippen LogP contribution in [0.3, 0.4) is 0 Å². The Bertz CT molecular complexity index is 1020. The number of benzene rings is 3. The molecule has 0 N–H and O–H groups in total. The first-order chi connectivity index (χ1) is 13.2. The van der Waals surface area contributed by atoms with Gasteiger partial charge in [0.05, 0.1) is 7.11 Å². The van der Waals surface area contributed by atoms with Gasteiger partial charge in [-0.05, 0) is 47.0 Å². The summed E-state index contributed by atoms with van der Waals surface area (Å²) in [6.07, 6.45) is 1.70. The average molecular weight is 355 g/mol. The van der Waals surface area contributed by atoms with Crippen LogP contribution in [0.5, 0.6) is 5.75 Å². The third-order valence-electron chi connectivity index (χ3n) is 4.28. The predicted octanol–water partition coefficient (Wildman–Crippen LogP) is 4.71. The molecule has 0 saturated carbocycles. The molecule has 0 amide bonds. The van der Waals surface area contributed by atoms with Crippen LogP contribution in [0.25, 0.3) is 17.2 Å². The SMILES string of the molecule is COc1ccc(/C=C2\N=C(c3ccc(-c4ccccc4)cc3)OC2=O)cc1. The standard InChI is InChI=1S/C23H17NO3/c1-26-20-13-7-16(8-14-20)15-21-23(25)27-22(24-21)19-11-9-18(10-12-19)17-5-3-2-4-6-17/h2-15H,1H3/b21-15-. The third kappa shape index (κ3) is 3.65. The smallest absolute Gasteiger partial charge is 0.363 e. The first-order valence-corrected chi connectivity index (χ1v) is 8.55. The Morgan fingerprint density at radius 3 is 2.11 bits per heavy atom. The van der Waals surface area contributed by atoms with Gasteiger partial charge in [0, 0.05) is 5.56 Å². The molecule has 0 aromatic heterocycles. The fourth-order valence-electron chi connectivity index (χ4n) is 2.83. The van der Waals surface area contributed by atoms with E-state index in [0.29, 0.717) is 5.90 Å². The van der Waals surface area contributed by atoms with Crippen molar-refractivity contribution in [3.05, 3.63) is 95.7 Å². The van der Waals surface area contributed by atoms with Gasteiger partial charge in [-0.3, -0.25) is 0 Å². The van der Waals surface area contributed by atoms with Crippen LogP contribution in [0.2, 0.25) is 0 Å². The number of methoxy groups -OCH3 is 1. The number of ether oxygens (including phenoxy) is 2. The molecule has 4 rings (SSSR count). The molecule has 0 saturated heterocycles. The van der Waals surface area contributed by atoms with Crippen molar-refractivity contribution in [3.8, 4) is 16.9 Å². The lowest BCUT2D eigenvalue weighted by Gasteiger charge is -2.03. The molecule has 3 aromatic rings. The molecule has 3 aromatic carbocycles. The summed E-state index contributed by atoms with van der Waals surface area (Å²) < 4.78 is 10.5. The molecule has 27 heavy (non-hydrogen) atoms. The highest BCUT2D eigenvalue weighted by Gasteiger charge is 2.24. The second-order valence-electron chi connectivity index (χ2n) is 6.05. The molecule has 0 unspecified atom stereocenters. The fourth-order valence-corrected chi connectivity index (χ4v) is 2.83. The number of hydrogen-bond acceptors (Lipinski definition) is 4. The maximum atomic E-state index is 12.1. The van der Waals surface area contributed by atoms with Gasteiger partial charge in [-0.25, -0.2) is 9.79 Å². The monoisotopic (exact) mass is 355 g/mol. The minimum atomic E-state index is -0.451. The van der Waals surface area contributed by atoms with Gasteiger partial charge in [0.2, 0.25) is 5.90 Å². The van der Waals surface area contributed by atoms with E-state index in [-0.39, 0.29) is 5.70 Å². The van der Waals surface area contributed by atoms with E-state index in [1.807, 2.05) is 66.7 Å². The van der Waals surface area contributed by atoms with Gasteiger partial charge in [-0.15, -0.1) is 0 Å². The van der Waals surface area contributed by atoms with Crippen LogP contribution in [0.15, 0.2) is 89.6 Å². The van der Waals surface area contributed by atoms with Crippen LogP contribution < -0.4 is 4.74 Å². The number of nitrogens with zero attached hydrogens (tertiary/aromatic N) is 1. The zero-order valence-corrected chi connectivity index (χ0v) is 14.8. The van der Waals surface area contributed by atoms with Crippen LogP contribution in [0, 0.1) is 0 Å². The quantitative estimate of drug-likeness (QED) is 0.503. The molecular formula is C23H17NO3. The highest BCUT2D eigenvalue weighted by Crippen LogP contribution is 2.23. The van der Waals surface area contributed by atoms with Gasteiger partial charge in [-0.1, -0.05) is 54.6 Å². The van der Waals surface area contributed by atoms with Crippen molar-refractivity contribution >= 4 is 17.9 Å². The van der Waals surface area contributed by atoms with Crippen LogP contribution in [0.1, 0.15) is 11.1 Å². The van der Waals surface area contributed by atoms with Gasteiger partial charge in [0.15, 0.2) is 5.70 Å². The van der Waals surface area contributed by atoms with E-state index in [9.17, 15) is 4.79 Å². The van der Waals surface area contributed by atoms with Crippen molar-refractivity contribution in [2.45, 2.75) is 0 Å². The molecule has 0 bridgehead atoms. The number of carbonyl (C=O) groups excluding carboxylic acids is 1. The number of carbonyl (C=O) groups is 1. The van der Waals surface area contributed by atoms with Crippen molar-refractivity contribution in [2.75, 3.05) is 7.11 Å². The zero-order valence-electron chi connectivity index (χ0n) is 14.8. The summed E-state index contributed by atoms with van der Waals surface area (Å²) >= 11 is 0. The number of cyclic esters (lactones) is 1. The molecule has 0 radical (unpaired) electrons. The molecule has 0 aliphatic carbocycles. The van der Waals surface area contributed by atoms with Gasteiger partial charge >= 0.3 is 5.97 Å². The molecule has 0 spiro atoms. The number of aliphatic imine (C=N–C) groups is 1. The summed E-state index contributed by atoms with van der Waals surface area (Å²) in [6, 6.07) is 25.3. The Labute approximate surface area is 157 Å². The van der Waals surface area contributed by atoms with E-state index in [2.05, 4.69) is 17.1 Å². The lowest BCUT2D eigenvalue weighted by Crippen LogP contribution is -2.05. The molecule has 0 fully saturated rings. The summed E-state index contributed by atoms with van der Waals surface area (Å²) in [4.78, 5) is 16.5. The topological polar surface area (TPSA) is 47.9 Å². The lowest BCUT2D eigenvalue weighted by atomic mass is 10.0. The van der Waals surface area contributed by atoms with E-state index in [1.165, 1.54) is 0 Å². The highest BCUT2D eigenvalue weighted by atomic mass is 16.6. The zero-order chi connectivity index (χ0) is 18.6. The van der Waals surface area contributed by atoms with E-state index in [4.69, 9.17) is 9.47 Å². The van der Waals surface area contributed by atoms with Crippen LogP contribution >= 0.6 is 0 Å². The van der Waals surface area contributed by atoms with Gasteiger partial charge < -0.3 is 9.47 Å². The molecule has 1 aliphatic rings. The van der Waals surface area contributed by atoms with Gasteiger partial charge in [0.25, 0.3) is 0 Å². The lowest BCUT2D eigenvalue weighted by molar-refractivity contribution is -0.129. The van der Waals surface area contributed by atoms with Gasteiger partial charge in [0.1, 0.15) is 5.75 Å². The van der Waals surface area contributed by atoms with Crippen molar-refractivity contribution in [3.63, 3.8) is 0 Å². The van der Waals surface area contributed by atoms with Crippen molar-refractivity contribution in [2.24, 2.45) is 4.99 Å². The van der Waals surface area contributed by atoms with Crippen LogP contribution in [-0.4, -0.2) is 19.0 Å². The largest absolute Gasteiger partial charge is 0.497 e. The first-order valence-electron chi connectivity index (χ1n) is 8.55. The third-order valence-corrected chi connectivity index (χ3v) is 4.28. The second kappa shape index (κ2) is 7.30. The summed E-state index contributed by atoms with van der Waals surface area (Å²) in [5, 5.41) is 0. The van der Waals surface area contributed by atoms with Crippen LogP contribution in [-0.2, 0) is 9.53 Å². The Balaban J connectivity index is 1.58. The molecule has 4 heteroatoms. The normalized spacial score (nSPS) is 14.8. The van der Waals surface area contributed by atoms with Crippen LogP contribution in [0.4, 0.5) is 0 Å². The van der Waals surface area contributed by atoms with E-state index in [0.717, 1.165) is 28.0 Å². The number of hydrogen-bond donors (Lipinski definition) is 0. The minimum absolute atomic E-state index is 0.280. The maximum Gasteiger partial charge on any atom is 0.363 e. The molecule has 4 nitrogen and oxygen atoms in total. The van der Waals surface area contributed by atoms with Gasteiger partial charge in [-0.2, -0.15) is 0 Å². The summed E-state index contributed by atoms with van der Waals surface area (Å²) in [6.45, 7) is 0. The fraction of sp³-hybridized carbons (Fsp3) is 0.0435. The van der Waals surface area contributed by atoms with E-state index in [1.54, 1.807) is 13.2 Å². The maximum absolute atomic E-state index is 12.1. The molecule has 0 atom stereocenters. The summed E-state index contributed by atoms with van der Waals surface area (Å²) in [5.74, 6) is 0.626. The Morgan fingerprint density at radius 1 is 0.815 bits per heavy atom. The summed E-state index contributed by atoms with van der Waals surface area (Å²) in [7, 11) is 1.61. The molecule has 132 valence electrons. The average Bonchev–Trinajstić information content (AvgIpc) is 3.10. The highest BCUT2D eigenvalue weighted by molar-refractivity contribution is 6.12. The molecule has 1 heterocycles. The Morgan fingerprint density at radius 2 is 1.44 bits per heavy atom. The van der Waals surface area contributed by atoms with Crippen molar-refractivity contribution in [1.82, 2.24) is 0 Å². The van der Waals surface area contributed by atoms with Crippen molar-refractivity contribution < 1.29 is 14.3 Å². The summed E-state index contributed by atoms with van der Waals surface area (Å²) in [5.41, 5.74) is 4.13. The van der Waals surface area contributed by atoms with E-state index >= 15 is 0 Å². The molecular weight excluding hydrogens is 338 g/mol. The number of esters is 1. The molecule has 1 aliphatic heterocycles. The first kappa shape index (κ1) is 16.8. The Hall–Kier alpha value is -3.66. The number of rotatable bonds is 4. The van der Waals surface area contributed by atoms with Crippen molar-refractivity contribution in [1.29, 1.82) is 0 Å². The minimum Gasteiger partial charge on any atom is -0.497 e. The second-order valence-corrected chi connectivity index (χ2v) is 6.05. The Kier molecular flexibility index (Phi) is 4.54. The van der Waals surface area contributed by atoms with E-state index < -0.39 is 5.97 Å². The predicted molar refractivity (Wildman–Crippen MR) is 105 cm³/mol.